The van der Waals surface area contributed by atoms with Gasteiger partial charge in [-0.1, -0.05) is 0 Å². The molecule has 1 aliphatic rings. The number of benzene rings is 2. The lowest BCUT2D eigenvalue weighted by molar-refractivity contribution is 0.0950. The van der Waals surface area contributed by atoms with E-state index < -0.39 is 0 Å². The van der Waals surface area contributed by atoms with Gasteiger partial charge in [-0.2, -0.15) is 0 Å². The maximum absolute atomic E-state index is 13.1. The molecule has 0 unspecified atom stereocenters. The topological polar surface area (TPSA) is 63.3 Å². The van der Waals surface area contributed by atoms with Crippen LogP contribution < -0.4 is 24.4 Å². The molecule has 0 atom stereocenters. The number of rotatable bonds is 12. The lowest BCUT2D eigenvalue weighted by Gasteiger charge is -2.36. The maximum atomic E-state index is 13.1. The summed E-state index contributed by atoms with van der Waals surface area (Å²) in [7, 11) is 0. The van der Waals surface area contributed by atoms with Crippen molar-refractivity contribution in [3.05, 3.63) is 47.8 Å². The molecule has 1 N–H and O–H groups in total. The zero-order chi connectivity index (χ0) is 24.3. The van der Waals surface area contributed by atoms with Gasteiger partial charge >= 0.3 is 0 Å². The largest absolute Gasteiger partial charge is 0.490 e. The van der Waals surface area contributed by atoms with Crippen LogP contribution >= 0.6 is 0 Å². The molecule has 34 heavy (non-hydrogen) atoms. The minimum absolute atomic E-state index is 0.161. The number of nitrogens with one attached hydrogen (secondary N) is 1. The van der Waals surface area contributed by atoms with Crippen LogP contribution in [0.5, 0.6) is 17.2 Å². The first-order valence-electron chi connectivity index (χ1n) is 12.1. The Morgan fingerprint density at radius 2 is 1.50 bits per heavy atom. The van der Waals surface area contributed by atoms with Crippen molar-refractivity contribution in [2.75, 3.05) is 64.0 Å². The second-order valence-corrected chi connectivity index (χ2v) is 8.02. The average molecular weight is 474 g/mol. The van der Waals surface area contributed by atoms with Crippen LogP contribution in [0.1, 0.15) is 37.6 Å². The number of carbonyl (C=O) groups is 1. The summed E-state index contributed by atoms with van der Waals surface area (Å²) in [5.41, 5.74) is 1.55. The fourth-order valence-corrected chi connectivity index (χ4v) is 4.01. The molecule has 0 saturated carbocycles. The van der Waals surface area contributed by atoms with Crippen LogP contribution in [0, 0.1) is 5.82 Å². The predicted octanol–water partition coefficient (Wildman–Crippen LogP) is 3.96. The summed E-state index contributed by atoms with van der Waals surface area (Å²) in [5, 5.41) is 3.01. The number of piperazine rings is 1. The highest BCUT2D eigenvalue weighted by atomic mass is 19.1. The lowest BCUT2D eigenvalue weighted by atomic mass is 10.1. The van der Waals surface area contributed by atoms with Crippen LogP contribution in [-0.4, -0.2) is 69.9 Å². The zero-order valence-corrected chi connectivity index (χ0v) is 20.4. The van der Waals surface area contributed by atoms with E-state index in [9.17, 15) is 9.18 Å². The number of halogens is 1. The summed E-state index contributed by atoms with van der Waals surface area (Å²) < 4.78 is 30.3. The molecule has 1 heterocycles. The van der Waals surface area contributed by atoms with Crippen LogP contribution in [-0.2, 0) is 0 Å². The smallest absolute Gasteiger partial charge is 0.251 e. The van der Waals surface area contributed by atoms with Crippen molar-refractivity contribution in [2.45, 2.75) is 27.2 Å². The van der Waals surface area contributed by atoms with Crippen LogP contribution in [0.3, 0.4) is 0 Å². The Labute approximate surface area is 201 Å². The molecule has 3 rings (SSSR count). The van der Waals surface area contributed by atoms with E-state index in [0.29, 0.717) is 49.2 Å². The molecule has 7 nitrogen and oxygen atoms in total. The van der Waals surface area contributed by atoms with Gasteiger partial charge in [0.1, 0.15) is 5.82 Å². The Hall–Kier alpha value is -3.00. The summed E-state index contributed by atoms with van der Waals surface area (Å²) in [4.78, 5) is 17.5. The van der Waals surface area contributed by atoms with Crippen molar-refractivity contribution in [3.63, 3.8) is 0 Å². The van der Waals surface area contributed by atoms with Gasteiger partial charge in [0.05, 0.1) is 19.8 Å². The van der Waals surface area contributed by atoms with E-state index >= 15 is 0 Å². The van der Waals surface area contributed by atoms with Gasteiger partial charge in [-0.3, -0.25) is 9.69 Å². The average Bonchev–Trinajstić information content (AvgIpc) is 2.85. The number of carbonyl (C=O) groups excluding carboxylic acids is 1. The predicted molar refractivity (Wildman–Crippen MR) is 132 cm³/mol. The second kappa shape index (κ2) is 13.0. The Balaban J connectivity index is 1.48. The summed E-state index contributed by atoms with van der Waals surface area (Å²) in [6.45, 7) is 12.3. The maximum Gasteiger partial charge on any atom is 0.251 e. The van der Waals surface area contributed by atoms with Crippen LogP contribution in [0.2, 0.25) is 0 Å². The molecule has 0 aliphatic carbocycles. The lowest BCUT2D eigenvalue weighted by Crippen LogP contribution is -2.47. The van der Waals surface area contributed by atoms with Gasteiger partial charge in [-0.15, -0.1) is 0 Å². The first-order chi connectivity index (χ1) is 16.5. The fourth-order valence-electron chi connectivity index (χ4n) is 4.01. The molecular weight excluding hydrogens is 437 g/mol. The molecule has 8 heteroatoms. The molecule has 2 aromatic rings. The molecular formula is C26H36FN3O4. The molecule has 0 bridgehead atoms. The normalized spacial score (nSPS) is 14.1. The number of hydrogen-bond donors (Lipinski definition) is 1. The molecule has 2 aromatic carbocycles. The monoisotopic (exact) mass is 473 g/mol. The van der Waals surface area contributed by atoms with Crippen molar-refractivity contribution < 1.29 is 23.4 Å². The van der Waals surface area contributed by atoms with E-state index in [4.69, 9.17) is 14.2 Å². The summed E-state index contributed by atoms with van der Waals surface area (Å²) >= 11 is 0. The van der Waals surface area contributed by atoms with Gasteiger partial charge in [0.2, 0.25) is 5.75 Å². The number of nitrogens with zero attached hydrogens (tertiary/aromatic N) is 2. The third-order valence-electron chi connectivity index (χ3n) is 5.67. The highest BCUT2D eigenvalue weighted by Gasteiger charge is 2.19. The third kappa shape index (κ3) is 7.00. The van der Waals surface area contributed by atoms with Gasteiger partial charge in [0, 0.05) is 44.0 Å². The van der Waals surface area contributed by atoms with Crippen molar-refractivity contribution in [2.24, 2.45) is 0 Å². The van der Waals surface area contributed by atoms with E-state index in [-0.39, 0.29) is 11.7 Å². The SMILES string of the molecule is CCOc1cc(C(=O)NCCCN2CCN(c3ccc(F)cc3)CC2)cc(OCC)c1OCC. The molecule has 1 aliphatic heterocycles. The number of amides is 1. The highest BCUT2D eigenvalue weighted by Crippen LogP contribution is 2.39. The standard InChI is InChI=1S/C26H36FN3O4/c1-4-32-23-18-20(19-24(33-5-2)25(23)34-6-3)26(31)28-12-7-13-29-14-16-30(17-15-29)22-10-8-21(27)9-11-22/h8-11,18-19H,4-7,12-17H2,1-3H3,(H,28,31). The Kier molecular flexibility index (Phi) is 9.82. The van der Waals surface area contributed by atoms with E-state index in [1.54, 1.807) is 12.1 Å². The molecule has 0 aromatic heterocycles. The molecule has 0 spiro atoms. The van der Waals surface area contributed by atoms with Gasteiger partial charge in [-0.05, 0) is 70.1 Å². The van der Waals surface area contributed by atoms with Crippen LogP contribution in [0.25, 0.3) is 0 Å². The van der Waals surface area contributed by atoms with Gasteiger partial charge in [0.15, 0.2) is 11.5 Å². The van der Waals surface area contributed by atoms with E-state index in [0.717, 1.165) is 44.8 Å². The molecule has 1 fully saturated rings. The minimum Gasteiger partial charge on any atom is -0.490 e. The Bertz CT molecular complexity index is 888. The number of hydrogen-bond acceptors (Lipinski definition) is 6. The van der Waals surface area contributed by atoms with Crippen molar-refractivity contribution in [1.82, 2.24) is 10.2 Å². The van der Waals surface area contributed by atoms with Crippen LogP contribution in [0.15, 0.2) is 36.4 Å². The Morgan fingerprint density at radius 3 is 2.06 bits per heavy atom. The quantitative estimate of drug-likeness (QED) is 0.471. The van der Waals surface area contributed by atoms with E-state index in [1.165, 1.54) is 12.1 Å². The summed E-state index contributed by atoms with van der Waals surface area (Å²) in [5.74, 6) is 1.19. The first kappa shape index (κ1) is 25.6. The third-order valence-corrected chi connectivity index (χ3v) is 5.67. The second-order valence-electron chi connectivity index (χ2n) is 8.02. The highest BCUT2D eigenvalue weighted by molar-refractivity contribution is 5.95. The molecule has 186 valence electrons. The number of anilines is 1. The summed E-state index contributed by atoms with van der Waals surface area (Å²) in [6.07, 6.45) is 0.857. The molecule has 0 radical (unpaired) electrons. The van der Waals surface area contributed by atoms with E-state index in [2.05, 4.69) is 15.1 Å². The fraction of sp³-hybridized carbons (Fsp3) is 0.500. The van der Waals surface area contributed by atoms with Crippen molar-refractivity contribution in [1.29, 1.82) is 0 Å². The molecule has 1 saturated heterocycles. The zero-order valence-electron chi connectivity index (χ0n) is 20.4. The minimum atomic E-state index is -0.210. The van der Waals surface area contributed by atoms with Gasteiger partial charge < -0.3 is 24.4 Å². The Morgan fingerprint density at radius 1 is 0.912 bits per heavy atom. The van der Waals surface area contributed by atoms with Gasteiger partial charge in [-0.25, -0.2) is 4.39 Å². The first-order valence-corrected chi connectivity index (χ1v) is 12.1. The van der Waals surface area contributed by atoms with E-state index in [1.807, 2.05) is 32.9 Å². The summed E-state index contributed by atoms with van der Waals surface area (Å²) in [6, 6.07) is 10.1. The van der Waals surface area contributed by atoms with Crippen LogP contribution in [0.4, 0.5) is 10.1 Å². The molecule has 1 amide bonds. The van der Waals surface area contributed by atoms with Crippen molar-refractivity contribution >= 4 is 11.6 Å². The van der Waals surface area contributed by atoms with Crippen molar-refractivity contribution in [3.8, 4) is 17.2 Å². The number of ether oxygens (including phenoxy) is 3. The van der Waals surface area contributed by atoms with Gasteiger partial charge in [0.25, 0.3) is 5.91 Å².